The first-order valence-electron chi connectivity index (χ1n) is 4.53. The summed E-state index contributed by atoms with van der Waals surface area (Å²) in [6.45, 7) is 5.02. The first-order valence-corrected chi connectivity index (χ1v) is 5.35. The number of hydrogen-bond acceptors (Lipinski definition) is 4. The van der Waals surface area contributed by atoms with Crippen molar-refractivity contribution in [1.29, 1.82) is 0 Å². The molecule has 0 saturated heterocycles. The van der Waals surface area contributed by atoms with Crippen LogP contribution in [0, 0.1) is 0 Å². The fourth-order valence-electron chi connectivity index (χ4n) is 1.10. The number of nitrogens with zero attached hydrogens (tertiary/aromatic N) is 4. The van der Waals surface area contributed by atoms with Crippen LogP contribution in [0.2, 0.25) is 0 Å². The molecule has 0 unspecified atom stereocenters. The lowest BCUT2D eigenvalue weighted by Gasteiger charge is -1.96. The first-order chi connectivity index (χ1) is 6.75. The van der Waals surface area contributed by atoms with Gasteiger partial charge < -0.3 is 4.57 Å². The van der Waals surface area contributed by atoms with Gasteiger partial charge in [0.25, 0.3) is 0 Å². The molecule has 4 nitrogen and oxygen atoms in total. The third kappa shape index (κ3) is 1.98. The van der Waals surface area contributed by atoms with Gasteiger partial charge in [0, 0.05) is 18.3 Å². The van der Waals surface area contributed by atoms with Crippen LogP contribution in [-0.4, -0.2) is 19.7 Å². The average molecular weight is 208 g/mol. The molecule has 5 heteroatoms. The minimum Gasteiger partial charge on any atom is -0.331 e. The Kier molecular flexibility index (Phi) is 2.58. The van der Waals surface area contributed by atoms with Crippen molar-refractivity contribution in [1.82, 2.24) is 19.7 Å². The Hall–Kier alpha value is -1.23. The largest absolute Gasteiger partial charge is 0.331 e. The highest BCUT2D eigenvalue weighted by Gasteiger charge is 2.07. The molecule has 0 aliphatic rings. The molecule has 0 aliphatic heterocycles. The lowest BCUT2D eigenvalue weighted by molar-refractivity contribution is 0.766. The summed E-state index contributed by atoms with van der Waals surface area (Å²) in [7, 11) is 0. The molecular formula is C9H12N4S. The zero-order chi connectivity index (χ0) is 9.97. The number of hydrogen-bond donors (Lipinski definition) is 0. The summed E-state index contributed by atoms with van der Waals surface area (Å²) in [5.41, 5.74) is 0. The SMILES string of the molecule is CC(C)c1nnc(Cn2ccnc2)s1. The van der Waals surface area contributed by atoms with Crippen LogP contribution in [0.5, 0.6) is 0 Å². The smallest absolute Gasteiger partial charge is 0.137 e. The fraction of sp³-hybridized carbons (Fsp3) is 0.444. The van der Waals surface area contributed by atoms with Gasteiger partial charge >= 0.3 is 0 Å². The lowest BCUT2D eigenvalue weighted by atomic mass is 10.2. The second kappa shape index (κ2) is 3.88. The van der Waals surface area contributed by atoms with Crippen molar-refractivity contribution in [2.75, 3.05) is 0 Å². The molecule has 2 aromatic heterocycles. The van der Waals surface area contributed by atoms with E-state index >= 15 is 0 Å². The summed E-state index contributed by atoms with van der Waals surface area (Å²) in [5, 5.41) is 10.4. The van der Waals surface area contributed by atoms with Crippen molar-refractivity contribution in [2.45, 2.75) is 26.3 Å². The molecule has 74 valence electrons. The van der Waals surface area contributed by atoms with Gasteiger partial charge in [0.2, 0.25) is 0 Å². The topological polar surface area (TPSA) is 43.6 Å². The third-order valence-electron chi connectivity index (χ3n) is 1.85. The summed E-state index contributed by atoms with van der Waals surface area (Å²) in [5.74, 6) is 0.462. The lowest BCUT2D eigenvalue weighted by Crippen LogP contribution is -1.95. The Balaban J connectivity index is 2.11. The van der Waals surface area contributed by atoms with E-state index in [0.717, 1.165) is 16.6 Å². The van der Waals surface area contributed by atoms with Crippen LogP contribution in [0.3, 0.4) is 0 Å². The normalized spacial score (nSPS) is 11.1. The number of rotatable bonds is 3. The van der Waals surface area contributed by atoms with Crippen LogP contribution in [0.1, 0.15) is 29.8 Å². The van der Waals surface area contributed by atoms with Gasteiger partial charge in [0.1, 0.15) is 10.0 Å². The molecule has 2 heterocycles. The van der Waals surface area contributed by atoms with Gasteiger partial charge in [0.05, 0.1) is 12.9 Å². The van der Waals surface area contributed by atoms with Gasteiger partial charge in [-0.2, -0.15) is 0 Å². The highest BCUT2D eigenvalue weighted by Crippen LogP contribution is 2.19. The molecule has 2 aromatic rings. The predicted octanol–water partition coefficient (Wildman–Crippen LogP) is 1.91. The molecule has 0 N–H and O–H groups in total. The van der Waals surface area contributed by atoms with Crippen molar-refractivity contribution < 1.29 is 0 Å². The maximum absolute atomic E-state index is 4.13. The molecule has 0 bridgehead atoms. The standard InChI is InChI=1S/C9H12N4S/c1-7(2)9-12-11-8(14-9)5-13-4-3-10-6-13/h3-4,6-7H,5H2,1-2H3. The van der Waals surface area contributed by atoms with Crippen LogP contribution in [-0.2, 0) is 6.54 Å². The van der Waals surface area contributed by atoms with Crippen molar-refractivity contribution in [3.05, 3.63) is 28.7 Å². The maximum Gasteiger partial charge on any atom is 0.137 e. The van der Waals surface area contributed by atoms with Gasteiger partial charge in [-0.25, -0.2) is 4.98 Å². The molecule has 14 heavy (non-hydrogen) atoms. The molecule has 0 spiro atoms. The minimum absolute atomic E-state index is 0.462. The third-order valence-corrected chi connectivity index (χ3v) is 3.06. The second-order valence-electron chi connectivity index (χ2n) is 3.42. The number of imidazole rings is 1. The van der Waals surface area contributed by atoms with E-state index in [1.165, 1.54) is 0 Å². The van der Waals surface area contributed by atoms with Crippen molar-refractivity contribution >= 4 is 11.3 Å². The minimum atomic E-state index is 0.462. The van der Waals surface area contributed by atoms with Gasteiger partial charge in [-0.05, 0) is 0 Å². The molecule has 0 atom stereocenters. The van der Waals surface area contributed by atoms with Gasteiger partial charge in [0.15, 0.2) is 0 Å². The number of aromatic nitrogens is 4. The quantitative estimate of drug-likeness (QED) is 0.773. The Labute approximate surface area is 86.6 Å². The van der Waals surface area contributed by atoms with Gasteiger partial charge in [-0.3, -0.25) is 0 Å². The molecule has 0 aromatic carbocycles. The fourth-order valence-corrected chi connectivity index (χ4v) is 1.95. The van der Waals surface area contributed by atoms with E-state index in [1.807, 2.05) is 10.8 Å². The highest BCUT2D eigenvalue weighted by atomic mass is 32.1. The Bertz CT molecular complexity index is 391. The molecule has 0 saturated carbocycles. The van der Waals surface area contributed by atoms with E-state index in [4.69, 9.17) is 0 Å². The second-order valence-corrected chi connectivity index (χ2v) is 4.52. The molecule has 0 fully saturated rings. The van der Waals surface area contributed by atoms with E-state index in [-0.39, 0.29) is 0 Å². The molecule has 0 radical (unpaired) electrons. The van der Waals surface area contributed by atoms with Crippen LogP contribution in [0.15, 0.2) is 18.7 Å². The van der Waals surface area contributed by atoms with Crippen LogP contribution < -0.4 is 0 Å². The van der Waals surface area contributed by atoms with Gasteiger partial charge in [-0.15, -0.1) is 10.2 Å². The van der Waals surface area contributed by atoms with E-state index in [1.54, 1.807) is 23.9 Å². The zero-order valence-electron chi connectivity index (χ0n) is 8.21. The van der Waals surface area contributed by atoms with E-state index in [0.29, 0.717) is 5.92 Å². The average Bonchev–Trinajstić information content (AvgIpc) is 2.75. The van der Waals surface area contributed by atoms with Crippen LogP contribution >= 0.6 is 11.3 Å². The molecule has 2 rings (SSSR count). The Morgan fingerprint density at radius 3 is 2.86 bits per heavy atom. The van der Waals surface area contributed by atoms with Crippen molar-refractivity contribution in [2.24, 2.45) is 0 Å². The van der Waals surface area contributed by atoms with E-state index < -0.39 is 0 Å². The Morgan fingerprint density at radius 2 is 2.29 bits per heavy atom. The van der Waals surface area contributed by atoms with E-state index in [2.05, 4.69) is 29.0 Å². The van der Waals surface area contributed by atoms with Crippen LogP contribution in [0.25, 0.3) is 0 Å². The predicted molar refractivity (Wildman–Crippen MR) is 55.3 cm³/mol. The van der Waals surface area contributed by atoms with Crippen molar-refractivity contribution in [3.63, 3.8) is 0 Å². The molecule has 0 aliphatic carbocycles. The summed E-state index contributed by atoms with van der Waals surface area (Å²) in [6.07, 6.45) is 5.48. The summed E-state index contributed by atoms with van der Waals surface area (Å²) in [4.78, 5) is 3.98. The zero-order valence-corrected chi connectivity index (χ0v) is 9.03. The van der Waals surface area contributed by atoms with E-state index in [9.17, 15) is 0 Å². The monoisotopic (exact) mass is 208 g/mol. The Morgan fingerprint density at radius 1 is 1.43 bits per heavy atom. The van der Waals surface area contributed by atoms with Crippen LogP contribution in [0.4, 0.5) is 0 Å². The maximum atomic E-state index is 4.13. The summed E-state index contributed by atoms with van der Waals surface area (Å²) < 4.78 is 1.99. The highest BCUT2D eigenvalue weighted by molar-refractivity contribution is 7.11. The summed E-state index contributed by atoms with van der Waals surface area (Å²) in [6, 6.07) is 0. The summed E-state index contributed by atoms with van der Waals surface area (Å²) >= 11 is 1.67. The first kappa shape index (κ1) is 9.33. The van der Waals surface area contributed by atoms with Gasteiger partial charge in [-0.1, -0.05) is 25.2 Å². The molecular weight excluding hydrogens is 196 g/mol. The van der Waals surface area contributed by atoms with Crippen molar-refractivity contribution in [3.8, 4) is 0 Å². The molecule has 0 amide bonds.